The topological polar surface area (TPSA) is 34.1 Å². The summed E-state index contributed by atoms with van der Waals surface area (Å²) in [6, 6.07) is 10.5. The first-order chi connectivity index (χ1) is 9.20. The van der Waals surface area contributed by atoms with E-state index in [1.54, 1.807) is 25.4 Å². The second-order valence-corrected chi connectivity index (χ2v) is 4.33. The lowest BCUT2D eigenvalue weighted by atomic mass is 10.1. The van der Waals surface area contributed by atoms with Crippen molar-refractivity contribution in [2.75, 3.05) is 7.11 Å². The number of halogens is 1. The van der Waals surface area contributed by atoms with Crippen molar-refractivity contribution in [3.05, 3.63) is 59.5 Å². The number of nitrogens with zero attached hydrogens (tertiary/aromatic N) is 1. The standard InChI is InChI=1S/C15H17FN2O/c1-11(13-5-3-4-6-14(13)16)17-9-12-7-8-15(19-2)18-10-12/h3-8,10-11,17H,9H2,1-2H3. The maximum absolute atomic E-state index is 13.6. The van der Waals surface area contributed by atoms with Crippen LogP contribution in [-0.4, -0.2) is 12.1 Å². The van der Waals surface area contributed by atoms with E-state index in [1.807, 2.05) is 25.1 Å². The van der Waals surface area contributed by atoms with Crippen LogP contribution in [0.5, 0.6) is 5.88 Å². The van der Waals surface area contributed by atoms with Gasteiger partial charge in [-0.25, -0.2) is 9.37 Å². The van der Waals surface area contributed by atoms with Gasteiger partial charge in [-0.3, -0.25) is 0 Å². The second kappa shape index (κ2) is 6.29. The highest BCUT2D eigenvalue weighted by molar-refractivity contribution is 5.21. The average Bonchev–Trinajstić information content (AvgIpc) is 2.46. The Morgan fingerprint density at radius 2 is 2.05 bits per heavy atom. The van der Waals surface area contributed by atoms with Crippen LogP contribution < -0.4 is 10.1 Å². The van der Waals surface area contributed by atoms with Crippen LogP contribution in [0, 0.1) is 5.82 Å². The maximum atomic E-state index is 13.6. The molecule has 19 heavy (non-hydrogen) atoms. The Kier molecular flexibility index (Phi) is 4.47. The molecule has 1 atom stereocenters. The highest BCUT2D eigenvalue weighted by atomic mass is 19.1. The SMILES string of the molecule is COc1ccc(CNC(C)c2ccccc2F)cn1. The lowest BCUT2D eigenvalue weighted by molar-refractivity contribution is 0.397. The van der Waals surface area contributed by atoms with E-state index in [1.165, 1.54) is 6.07 Å². The van der Waals surface area contributed by atoms with Gasteiger partial charge in [0.05, 0.1) is 7.11 Å². The highest BCUT2D eigenvalue weighted by Crippen LogP contribution is 2.16. The van der Waals surface area contributed by atoms with Gasteiger partial charge in [-0.15, -0.1) is 0 Å². The van der Waals surface area contributed by atoms with Crippen LogP contribution in [0.1, 0.15) is 24.1 Å². The summed E-state index contributed by atoms with van der Waals surface area (Å²) in [5.74, 6) is 0.404. The Bertz CT molecular complexity index is 528. The quantitative estimate of drug-likeness (QED) is 0.897. The summed E-state index contributed by atoms with van der Waals surface area (Å²) in [6.45, 7) is 2.57. The van der Waals surface area contributed by atoms with E-state index in [-0.39, 0.29) is 11.9 Å². The number of hydrogen-bond donors (Lipinski definition) is 1. The Labute approximate surface area is 112 Å². The Morgan fingerprint density at radius 3 is 2.68 bits per heavy atom. The van der Waals surface area contributed by atoms with Gasteiger partial charge >= 0.3 is 0 Å². The fourth-order valence-electron chi connectivity index (χ4n) is 1.84. The molecule has 1 aromatic heterocycles. The van der Waals surface area contributed by atoms with Gasteiger partial charge in [-0.2, -0.15) is 0 Å². The zero-order chi connectivity index (χ0) is 13.7. The lowest BCUT2D eigenvalue weighted by Gasteiger charge is -2.15. The van der Waals surface area contributed by atoms with E-state index in [0.717, 1.165) is 5.56 Å². The molecule has 0 aliphatic rings. The van der Waals surface area contributed by atoms with Crippen molar-refractivity contribution in [2.45, 2.75) is 19.5 Å². The number of nitrogens with one attached hydrogen (secondary N) is 1. The highest BCUT2D eigenvalue weighted by Gasteiger charge is 2.09. The molecule has 1 aromatic carbocycles. The molecule has 0 aliphatic carbocycles. The van der Waals surface area contributed by atoms with Crippen molar-refractivity contribution in [1.82, 2.24) is 10.3 Å². The predicted octanol–water partition coefficient (Wildman–Crippen LogP) is 3.08. The van der Waals surface area contributed by atoms with Crippen LogP contribution in [0.15, 0.2) is 42.6 Å². The van der Waals surface area contributed by atoms with Crippen LogP contribution in [0.2, 0.25) is 0 Å². The van der Waals surface area contributed by atoms with Crippen molar-refractivity contribution in [3.8, 4) is 5.88 Å². The molecule has 100 valence electrons. The number of aromatic nitrogens is 1. The summed E-state index contributed by atoms with van der Waals surface area (Å²) in [5, 5.41) is 3.27. The van der Waals surface area contributed by atoms with Gasteiger partial charge in [0.1, 0.15) is 5.82 Å². The van der Waals surface area contributed by atoms with Gasteiger partial charge in [0.2, 0.25) is 5.88 Å². The zero-order valence-electron chi connectivity index (χ0n) is 11.1. The van der Waals surface area contributed by atoms with Crippen molar-refractivity contribution in [3.63, 3.8) is 0 Å². The third-order valence-corrected chi connectivity index (χ3v) is 2.99. The molecule has 0 bridgehead atoms. The molecular formula is C15H17FN2O. The van der Waals surface area contributed by atoms with Gasteiger partial charge < -0.3 is 10.1 Å². The van der Waals surface area contributed by atoms with Gasteiger partial charge in [-0.1, -0.05) is 24.3 Å². The number of rotatable bonds is 5. The van der Waals surface area contributed by atoms with E-state index in [0.29, 0.717) is 18.0 Å². The minimum absolute atomic E-state index is 0.0525. The van der Waals surface area contributed by atoms with Crippen LogP contribution >= 0.6 is 0 Å². The zero-order valence-corrected chi connectivity index (χ0v) is 11.1. The molecule has 2 rings (SSSR count). The fourth-order valence-corrected chi connectivity index (χ4v) is 1.84. The first kappa shape index (κ1) is 13.5. The smallest absolute Gasteiger partial charge is 0.212 e. The molecule has 0 saturated heterocycles. The van der Waals surface area contributed by atoms with Crippen molar-refractivity contribution in [1.29, 1.82) is 0 Å². The summed E-state index contributed by atoms with van der Waals surface area (Å²) < 4.78 is 18.6. The van der Waals surface area contributed by atoms with Crippen molar-refractivity contribution >= 4 is 0 Å². The van der Waals surface area contributed by atoms with Gasteiger partial charge in [0.15, 0.2) is 0 Å². The normalized spacial score (nSPS) is 12.2. The van der Waals surface area contributed by atoms with Crippen molar-refractivity contribution in [2.24, 2.45) is 0 Å². The first-order valence-electron chi connectivity index (χ1n) is 6.17. The predicted molar refractivity (Wildman–Crippen MR) is 72.4 cm³/mol. The van der Waals surface area contributed by atoms with Crippen LogP contribution in [0.3, 0.4) is 0 Å². The monoisotopic (exact) mass is 260 g/mol. The largest absolute Gasteiger partial charge is 0.481 e. The molecule has 0 aliphatic heterocycles. The molecule has 1 heterocycles. The second-order valence-electron chi connectivity index (χ2n) is 4.33. The number of hydrogen-bond acceptors (Lipinski definition) is 3. The molecule has 4 heteroatoms. The van der Waals surface area contributed by atoms with Gasteiger partial charge in [-0.05, 0) is 18.6 Å². The van der Waals surface area contributed by atoms with Gasteiger partial charge in [0, 0.05) is 30.4 Å². The molecule has 1 unspecified atom stereocenters. The molecule has 2 aromatic rings. The molecule has 1 N–H and O–H groups in total. The summed E-state index contributed by atoms with van der Waals surface area (Å²) in [7, 11) is 1.58. The van der Waals surface area contributed by atoms with Gasteiger partial charge in [0.25, 0.3) is 0 Å². The fraction of sp³-hybridized carbons (Fsp3) is 0.267. The van der Waals surface area contributed by atoms with Crippen molar-refractivity contribution < 1.29 is 9.13 Å². The average molecular weight is 260 g/mol. The molecule has 3 nitrogen and oxygen atoms in total. The van der Waals surface area contributed by atoms with Crippen LogP contribution in [-0.2, 0) is 6.54 Å². The number of pyridine rings is 1. The van der Waals surface area contributed by atoms with E-state index >= 15 is 0 Å². The number of ether oxygens (including phenoxy) is 1. The van der Waals surface area contributed by atoms with Crippen LogP contribution in [0.25, 0.3) is 0 Å². The molecule has 0 saturated carbocycles. The van der Waals surface area contributed by atoms with E-state index in [4.69, 9.17) is 4.74 Å². The summed E-state index contributed by atoms with van der Waals surface area (Å²) in [4.78, 5) is 4.13. The molecule has 0 fully saturated rings. The summed E-state index contributed by atoms with van der Waals surface area (Å²) >= 11 is 0. The van der Waals surface area contributed by atoms with Crippen LogP contribution in [0.4, 0.5) is 4.39 Å². The minimum atomic E-state index is -0.185. The summed E-state index contributed by atoms with van der Waals surface area (Å²) in [6.07, 6.45) is 1.75. The molecule has 0 radical (unpaired) electrons. The Balaban J connectivity index is 1.96. The van der Waals surface area contributed by atoms with E-state index in [9.17, 15) is 4.39 Å². The van der Waals surface area contributed by atoms with E-state index in [2.05, 4.69) is 10.3 Å². The third-order valence-electron chi connectivity index (χ3n) is 2.99. The summed E-state index contributed by atoms with van der Waals surface area (Å²) in [5.41, 5.74) is 1.70. The molecular weight excluding hydrogens is 243 g/mol. The maximum Gasteiger partial charge on any atom is 0.212 e. The Hall–Kier alpha value is -1.94. The van der Waals surface area contributed by atoms with E-state index < -0.39 is 0 Å². The Morgan fingerprint density at radius 1 is 1.26 bits per heavy atom. The number of methoxy groups -OCH3 is 1. The molecule has 0 spiro atoms. The number of benzene rings is 1. The first-order valence-corrected chi connectivity index (χ1v) is 6.17. The lowest BCUT2D eigenvalue weighted by Crippen LogP contribution is -2.19. The minimum Gasteiger partial charge on any atom is -0.481 e. The molecule has 0 amide bonds. The third kappa shape index (κ3) is 3.51.